The highest BCUT2D eigenvalue weighted by atomic mass is 16.1. The van der Waals surface area contributed by atoms with Crippen LogP contribution in [0.2, 0.25) is 0 Å². The van der Waals surface area contributed by atoms with E-state index in [2.05, 4.69) is 30.1 Å². The Morgan fingerprint density at radius 2 is 1.90 bits per heavy atom. The van der Waals surface area contributed by atoms with Crippen molar-refractivity contribution in [3.8, 4) is 0 Å². The third-order valence-electron chi connectivity index (χ3n) is 3.76. The van der Waals surface area contributed by atoms with Crippen LogP contribution in [-0.2, 0) is 4.79 Å². The van der Waals surface area contributed by atoms with Gasteiger partial charge in [0.2, 0.25) is 5.91 Å². The summed E-state index contributed by atoms with van der Waals surface area (Å²) < 4.78 is 0. The van der Waals surface area contributed by atoms with Crippen LogP contribution >= 0.6 is 0 Å². The van der Waals surface area contributed by atoms with E-state index in [1.165, 1.54) is 5.57 Å². The van der Waals surface area contributed by atoms with Crippen molar-refractivity contribution in [2.24, 2.45) is 5.92 Å². The summed E-state index contributed by atoms with van der Waals surface area (Å²) in [5.41, 5.74) is 2.25. The Morgan fingerprint density at radius 3 is 2.50 bits per heavy atom. The number of piperidine rings is 1. The third-order valence-corrected chi connectivity index (χ3v) is 3.76. The lowest BCUT2D eigenvalue weighted by Gasteiger charge is -2.30. The van der Waals surface area contributed by atoms with Crippen molar-refractivity contribution in [2.45, 2.75) is 26.7 Å². The molecule has 1 saturated heterocycles. The maximum Gasteiger partial charge on any atom is 0.227 e. The minimum Gasteiger partial charge on any atom is -0.326 e. The van der Waals surface area contributed by atoms with Gasteiger partial charge in [-0.25, -0.2) is 0 Å². The Balaban J connectivity index is 1.79. The van der Waals surface area contributed by atoms with Gasteiger partial charge in [0.15, 0.2) is 0 Å². The summed E-state index contributed by atoms with van der Waals surface area (Å²) >= 11 is 0. The van der Waals surface area contributed by atoms with Gasteiger partial charge in [-0.3, -0.25) is 9.69 Å². The van der Waals surface area contributed by atoms with Crippen LogP contribution in [0.1, 0.15) is 26.7 Å². The molecule has 2 rings (SSSR count). The first-order valence-electron chi connectivity index (χ1n) is 7.37. The Bertz CT molecular complexity index is 455. The average Bonchev–Trinajstić information content (AvgIpc) is 2.46. The number of benzene rings is 1. The molecule has 0 aliphatic carbocycles. The zero-order valence-electron chi connectivity index (χ0n) is 12.4. The fraction of sp³-hybridized carbons (Fsp3) is 0.471. The van der Waals surface area contributed by atoms with Gasteiger partial charge in [0.25, 0.3) is 0 Å². The molecule has 1 aliphatic rings. The number of amides is 1. The first kappa shape index (κ1) is 14.8. The summed E-state index contributed by atoms with van der Waals surface area (Å²) in [4.78, 5) is 14.6. The monoisotopic (exact) mass is 272 g/mol. The van der Waals surface area contributed by atoms with E-state index in [1.54, 1.807) is 0 Å². The van der Waals surface area contributed by atoms with Crippen molar-refractivity contribution in [3.63, 3.8) is 0 Å². The normalized spacial score (nSPS) is 16.7. The summed E-state index contributed by atoms with van der Waals surface area (Å²) in [5, 5.41) is 3.01. The highest BCUT2D eigenvalue weighted by Crippen LogP contribution is 2.19. The minimum absolute atomic E-state index is 0.151. The van der Waals surface area contributed by atoms with Crippen molar-refractivity contribution in [3.05, 3.63) is 42.0 Å². The predicted octanol–water partition coefficient (Wildman–Crippen LogP) is 3.30. The number of carbonyl (C=O) groups excluding carboxylic acids is 1. The van der Waals surface area contributed by atoms with Crippen molar-refractivity contribution in [1.29, 1.82) is 0 Å². The zero-order chi connectivity index (χ0) is 14.4. The van der Waals surface area contributed by atoms with Crippen LogP contribution in [0.25, 0.3) is 0 Å². The molecular weight excluding hydrogens is 248 g/mol. The molecule has 0 unspecified atom stereocenters. The molecule has 1 aromatic rings. The molecule has 1 amide bonds. The molecule has 0 atom stereocenters. The lowest BCUT2D eigenvalue weighted by atomic mass is 9.95. The number of rotatable bonds is 4. The van der Waals surface area contributed by atoms with E-state index < -0.39 is 0 Å². The van der Waals surface area contributed by atoms with E-state index in [-0.39, 0.29) is 11.8 Å². The number of nitrogens with one attached hydrogen (secondary N) is 1. The van der Waals surface area contributed by atoms with E-state index in [0.29, 0.717) is 0 Å². The maximum atomic E-state index is 12.2. The van der Waals surface area contributed by atoms with Gasteiger partial charge < -0.3 is 5.32 Å². The molecule has 0 spiro atoms. The Kier molecular flexibility index (Phi) is 5.36. The lowest BCUT2D eigenvalue weighted by molar-refractivity contribution is -0.121. The highest BCUT2D eigenvalue weighted by Gasteiger charge is 2.24. The lowest BCUT2D eigenvalue weighted by Crippen LogP contribution is -2.38. The Labute approximate surface area is 121 Å². The first-order chi connectivity index (χ1) is 9.65. The number of carbonyl (C=O) groups is 1. The molecule has 1 heterocycles. The third kappa shape index (κ3) is 4.49. The summed E-state index contributed by atoms with van der Waals surface area (Å²) in [7, 11) is 0. The average molecular weight is 272 g/mol. The van der Waals surface area contributed by atoms with E-state index in [1.807, 2.05) is 30.3 Å². The molecule has 108 valence electrons. The van der Waals surface area contributed by atoms with Crippen LogP contribution < -0.4 is 5.32 Å². The van der Waals surface area contributed by atoms with Crippen molar-refractivity contribution < 1.29 is 4.79 Å². The van der Waals surface area contributed by atoms with Gasteiger partial charge in [-0.15, -0.1) is 0 Å². The smallest absolute Gasteiger partial charge is 0.227 e. The second kappa shape index (κ2) is 7.25. The summed E-state index contributed by atoms with van der Waals surface area (Å²) in [6, 6.07) is 9.70. The van der Waals surface area contributed by atoms with Gasteiger partial charge in [0.05, 0.1) is 0 Å². The van der Waals surface area contributed by atoms with Crippen LogP contribution in [0.3, 0.4) is 0 Å². The minimum atomic E-state index is 0.151. The number of anilines is 1. The van der Waals surface area contributed by atoms with Gasteiger partial charge >= 0.3 is 0 Å². The quantitative estimate of drug-likeness (QED) is 0.853. The van der Waals surface area contributed by atoms with Gasteiger partial charge in [-0.2, -0.15) is 0 Å². The fourth-order valence-electron chi connectivity index (χ4n) is 2.46. The van der Waals surface area contributed by atoms with Crippen molar-refractivity contribution in [1.82, 2.24) is 4.90 Å². The molecule has 1 aromatic carbocycles. The number of hydrogen-bond donors (Lipinski definition) is 1. The largest absolute Gasteiger partial charge is 0.326 e. The number of allylic oxidation sites excluding steroid dienone is 1. The Morgan fingerprint density at radius 1 is 1.25 bits per heavy atom. The molecular formula is C17H24N2O. The molecule has 0 bridgehead atoms. The standard InChI is InChI=1S/C17H24N2O/c1-14(2)8-11-19-12-9-15(10-13-19)17(20)18-16-6-4-3-5-7-16/h3-8,15H,9-13H2,1-2H3,(H,18,20). The van der Waals surface area contributed by atoms with Crippen LogP contribution in [-0.4, -0.2) is 30.4 Å². The molecule has 1 aliphatic heterocycles. The fourth-order valence-corrected chi connectivity index (χ4v) is 2.46. The molecule has 1 N–H and O–H groups in total. The van der Waals surface area contributed by atoms with E-state index in [0.717, 1.165) is 38.2 Å². The van der Waals surface area contributed by atoms with Gasteiger partial charge in [-0.1, -0.05) is 29.8 Å². The van der Waals surface area contributed by atoms with E-state index in [9.17, 15) is 4.79 Å². The highest BCUT2D eigenvalue weighted by molar-refractivity contribution is 5.92. The molecule has 0 aromatic heterocycles. The molecule has 0 saturated carbocycles. The SMILES string of the molecule is CC(C)=CCN1CCC(C(=O)Nc2ccccc2)CC1. The van der Waals surface area contributed by atoms with Crippen molar-refractivity contribution >= 4 is 11.6 Å². The summed E-state index contributed by atoms with van der Waals surface area (Å²) in [5.74, 6) is 0.316. The van der Waals surface area contributed by atoms with Crippen LogP contribution in [0.4, 0.5) is 5.69 Å². The predicted molar refractivity (Wildman–Crippen MR) is 83.7 cm³/mol. The first-order valence-corrected chi connectivity index (χ1v) is 7.37. The Hall–Kier alpha value is -1.61. The molecule has 3 nitrogen and oxygen atoms in total. The zero-order valence-corrected chi connectivity index (χ0v) is 12.4. The van der Waals surface area contributed by atoms with E-state index >= 15 is 0 Å². The second-order valence-corrected chi connectivity index (χ2v) is 5.71. The van der Waals surface area contributed by atoms with Crippen LogP contribution in [0, 0.1) is 5.92 Å². The van der Waals surface area contributed by atoms with Crippen LogP contribution in [0.15, 0.2) is 42.0 Å². The van der Waals surface area contributed by atoms with Gasteiger partial charge in [0.1, 0.15) is 0 Å². The molecule has 1 fully saturated rings. The number of likely N-dealkylation sites (tertiary alicyclic amines) is 1. The van der Waals surface area contributed by atoms with Gasteiger partial charge in [-0.05, 0) is 51.9 Å². The maximum absolute atomic E-state index is 12.2. The number of hydrogen-bond acceptors (Lipinski definition) is 2. The summed E-state index contributed by atoms with van der Waals surface area (Å²) in [6.45, 7) is 7.28. The number of para-hydroxylation sites is 1. The van der Waals surface area contributed by atoms with Crippen LogP contribution in [0.5, 0.6) is 0 Å². The number of nitrogens with zero attached hydrogens (tertiary/aromatic N) is 1. The molecule has 0 radical (unpaired) electrons. The van der Waals surface area contributed by atoms with E-state index in [4.69, 9.17) is 0 Å². The summed E-state index contributed by atoms with van der Waals surface area (Å²) in [6.07, 6.45) is 4.16. The molecule has 3 heteroatoms. The topological polar surface area (TPSA) is 32.3 Å². The second-order valence-electron chi connectivity index (χ2n) is 5.71. The van der Waals surface area contributed by atoms with Crippen molar-refractivity contribution in [2.75, 3.05) is 25.0 Å². The van der Waals surface area contributed by atoms with Gasteiger partial charge in [0, 0.05) is 18.2 Å². The molecule has 20 heavy (non-hydrogen) atoms.